The van der Waals surface area contributed by atoms with Gasteiger partial charge in [0.25, 0.3) is 0 Å². The molecule has 1 heterocycles. The first-order valence-corrected chi connectivity index (χ1v) is 6.75. The van der Waals surface area contributed by atoms with Crippen molar-refractivity contribution in [3.8, 4) is 0 Å². The maximum Gasteiger partial charge on any atom is 0.0584 e. The molecule has 0 saturated heterocycles. The predicted octanol–water partition coefficient (Wildman–Crippen LogP) is 4.53. The topological polar surface area (TPSA) is 12.0 Å². The highest BCUT2D eigenvalue weighted by atomic mass is 35.5. The molecule has 2 rings (SSSR count). The van der Waals surface area contributed by atoms with Crippen LogP contribution in [-0.2, 0) is 0 Å². The molecule has 0 aliphatic heterocycles. The van der Waals surface area contributed by atoms with E-state index in [9.17, 15) is 0 Å². The average Bonchev–Trinajstić information content (AvgIpc) is 2.59. The van der Waals surface area contributed by atoms with Crippen molar-refractivity contribution in [2.75, 3.05) is 6.54 Å². The van der Waals surface area contributed by atoms with Crippen molar-refractivity contribution < 1.29 is 0 Å². The van der Waals surface area contributed by atoms with E-state index in [1.165, 1.54) is 20.5 Å². The van der Waals surface area contributed by atoms with Crippen molar-refractivity contribution in [1.82, 2.24) is 5.32 Å². The van der Waals surface area contributed by atoms with Gasteiger partial charge in [0, 0.05) is 10.9 Å². The Bertz CT molecular complexity index is 504. The Balaban J connectivity index is 2.55. The van der Waals surface area contributed by atoms with Crippen molar-refractivity contribution >= 4 is 33.0 Å². The zero-order valence-electron chi connectivity index (χ0n) is 9.80. The van der Waals surface area contributed by atoms with E-state index in [0.717, 1.165) is 11.6 Å². The Morgan fingerprint density at radius 2 is 2.19 bits per heavy atom. The summed E-state index contributed by atoms with van der Waals surface area (Å²) in [4.78, 5) is 1.39. The Morgan fingerprint density at radius 3 is 2.81 bits per heavy atom. The normalized spacial score (nSPS) is 13.2. The Kier molecular flexibility index (Phi) is 3.53. The zero-order valence-corrected chi connectivity index (χ0v) is 11.4. The third-order valence-corrected chi connectivity index (χ3v) is 4.81. The van der Waals surface area contributed by atoms with Crippen LogP contribution in [-0.4, -0.2) is 6.54 Å². The smallest absolute Gasteiger partial charge is 0.0584 e. The Labute approximate surface area is 105 Å². The number of benzene rings is 1. The molecule has 86 valence electrons. The summed E-state index contributed by atoms with van der Waals surface area (Å²) in [6, 6.07) is 6.53. The molecule has 16 heavy (non-hydrogen) atoms. The standard InChI is InChI=1S/C13H16ClNS/c1-4-15-9(3)12-8(2)10-6-5-7-11(14)13(10)16-12/h5-7,9,15H,4H2,1-3H3. The molecule has 0 spiro atoms. The second kappa shape index (κ2) is 4.74. The van der Waals surface area contributed by atoms with Gasteiger partial charge < -0.3 is 5.32 Å². The second-order valence-corrected chi connectivity index (χ2v) is 5.45. The number of thiophene rings is 1. The molecule has 1 aromatic carbocycles. The van der Waals surface area contributed by atoms with E-state index >= 15 is 0 Å². The minimum atomic E-state index is 0.401. The van der Waals surface area contributed by atoms with Gasteiger partial charge in [-0.3, -0.25) is 0 Å². The zero-order chi connectivity index (χ0) is 11.7. The van der Waals surface area contributed by atoms with Crippen LogP contribution in [0, 0.1) is 6.92 Å². The maximum absolute atomic E-state index is 6.21. The Morgan fingerprint density at radius 1 is 1.44 bits per heavy atom. The van der Waals surface area contributed by atoms with Crippen LogP contribution in [0.3, 0.4) is 0 Å². The van der Waals surface area contributed by atoms with Crippen LogP contribution in [0.25, 0.3) is 10.1 Å². The molecule has 0 aliphatic rings. The molecule has 1 atom stereocenters. The van der Waals surface area contributed by atoms with Gasteiger partial charge in [0.2, 0.25) is 0 Å². The van der Waals surface area contributed by atoms with Gasteiger partial charge in [-0.2, -0.15) is 0 Å². The van der Waals surface area contributed by atoms with E-state index in [1.807, 2.05) is 12.1 Å². The van der Waals surface area contributed by atoms with Gasteiger partial charge in [0.05, 0.1) is 9.72 Å². The summed E-state index contributed by atoms with van der Waals surface area (Å²) in [5.41, 5.74) is 1.36. The van der Waals surface area contributed by atoms with Crippen LogP contribution in [0.4, 0.5) is 0 Å². The summed E-state index contributed by atoms with van der Waals surface area (Å²) < 4.78 is 1.21. The highest BCUT2D eigenvalue weighted by molar-refractivity contribution is 7.20. The van der Waals surface area contributed by atoms with Crippen LogP contribution in [0.2, 0.25) is 5.02 Å². The molecular formula is C13H16ClNS. The summed E-state index contributed by atoms with van der Waals surface area (Å²) in [6.07, 6.45) is 0. The number of rotatable bonds is 3. The van der Waals surface area contributed by atoms with Gasteiger partial charge >= 0.3 is 0 Å². The first kappa shape index (κ1) is 11.9. The van der Waals surface area contributed by atoms with Gasteiger partial charge in [-0.15, -0.1) is 11.3 Å². The Hall–Kier alpha value is -0.570. The van der Waals surface area contributed by atoms with Gasteiger partial charge in [-0.25, -0.2) is 0 Å². The lowest BCUT2D eigenvalue weighted by Gasteiger charge is -2.11. The fraction of sp³-hybridized carbons (Fsp3) is 0.385. The molecule has 1 aromatic heterocycles. The van der Waals surface area contributed by atoms with Gasteiger partial charge in [0.15, 0.2) is 0 Å². The molecule has 0 fully saturated rings. The van der Waals surface area contributed by atoms with E-state index in [2.05, 4.69) is 32.2 Å². The first-order valence-electron chi connectivity index (χ1n) is 5.56. The van der Waals surface area contributed by atoms with Crippen molar-refractivity contribution in [2.45, 2.75) is 26.8 Å². The number of hydrogen-bond donors (Lipinski definition) is 1. The number of fused-ring (bicyclic) bond motifs is 1. The first-order chi connectivity index (χ1) is 7.65. The molecule has 0 bridgehead atoms. The lowest BCUT2D eigenvalue weighted by atomic mass is 10.1. The second-order valence-electron chi connectivity index (χ2n) is 3.99. The summed E-state index contributed by atoms with van der Waals surface area (Å²) in [7, 11) is 0. The SMILES string of the molecule is CCNC(C)c1sc2c(Cl)cccc2c1C. The van der Waals surface area contributed by atoms with Crippen molar-refractivity contribution in [3.05, 3.63) is 33.7 Å². The average molecular weight is 254 g/mol. The minimum absolute atomic E-state index is 0.401. The van der Waals surface area contributed by atoms with Crippen LogP contribution < -0.4 is 5.32 Å². The van der Waals surface area contributed by atoms with Gasteiger partial charge in [-0.1, -0.05) is 30.7 Å². The van der Waals surface area contributed by atoms with Crippen LogP contribution >= 0.6 is 22.9 Å². The third kappa shape index (κ3) is 1.97. The highest BCUT2D eigenvalue weighted by Gasteiger charge is 2.14. The molecule has 0 radical (unpaired) electrons. The molecule has 0 aliphatic carbocycles. The number of aryl methyl sites for hydroxylation is 1. The quantitative estimate of drug-likeness (QED) is 0.847. The molecule has 1 nitrogen and oxygen atoms in total. The summed E-state index contributed by atoms with van der Waals surface area (Å²) in [6.45, 7) is 7.50. The fourth-order valence-corrected chi connectivity index (χ4v) is 3.57. The van der Waals surface area contributed by atoms with Gasteiger partial charge in [0.1, 0.15) is 0 Å². The van der Waals surface area contributed by atoms with Crippen LogP contribution in [0.5, 0.6) is 0 Å². The van der Waals surface area contributed by atoms with Gasteiger partial charge in [-0.05, 0) is 37.4 Å². The summed E-state index contributed by atoms with van der Waals surface area (Å²) in [5.74, 6) is 0. The molecule has 2 aromatic rings. The number of halogens is 1. The van der Waals surface area contributed by atoms with Crippen molar-refractivity contribution in [1.29, 1.82) is 0 Å². The minimum Gasteiger partial charge on any atom is -0.310 e. The lowest BCUT2D eigenvalue weighted by Crippen LogP contribution is -2.17. The molecule has 1 N–H and O–H groups in total. The van der Waals surface area contributed by atoms with Crippen molar-refractivity contribution in [2.24, 2.45) is 0 Å². The summed E-state index contributed by atoms with van der Waals surface area (Å²) in [5, 5.41) is 5.60. The van der Waals surface area contributed by atoms with E-state index in [1.54, 1.807) is 11.3 Å². The van der Waals surface area contributed by atoms with E-state index in [0.29, 0.717) is 6.04 Å². The van der Waals surface area contributed by atoms with Crippen LogP contribution in [0.1, 0.15) is 30.3 Å². The highest BCUT2D eigenvalue weighted by Crippen LogP contribution is 2.38. The van der Waals surface area contributed by atoms with E-state index in [4.69, 9.17) is 11.6 Å². The summed E-state index contributed by atoms with van der Waals surface area (Å²) >= 11 is 8.02. The predicted molar refractivity (Wildman–Crippen MR) is 73.7 cm³/mol. The number of hydrogen-bond acceptors (Lipinski definition) is 2. The van der Waals surface area contributed by atoms with Crippen molar-refractivity contribution in [3.63, 3.8) is 0 Å². The lowest BCUT2D eigenvalue weighted by molar-refractivity contribution is 0.605. The molecule has 0 amide bonds. The maximum atomic E-state index is 6.21. The van der Waals surface area contributed by atoms with Crippen LogP contribution in [0.15, 0.2) is 18.2 Å². The molecule has 1 unspecified atom stereocenters. The largest absolute Gasteiger partial charge is 0.310 e. The van der Waals surface area contributed by atoms with E-state index < -0.39 is 0 Å². The van der Waals surface area contributed by atoms with E-state index in [-0.39, 0.29) is 0 Å². The monoisotopic (exact) mass is 253 g/mol. The molecular weight excluding hydrogens is 238 g/mol. The third-order valence-electron chi connectivity index (χ3n) is 2.86. The molecule has 3 heteroatoms. The number of nitrogens with one attached hydrogen (secondary N) is 1. The fourth-order valence-electron chi connectivity index (χ4n) is 2.04. The molecule has 0 saturated carbocycles.